The zero-order valence-corrected chi connectivity index (χ0v) is 15.4. The van der Waals surface area contributed by atoms with Crippen LogP contribution in [0.25, 0.3) is 0 Å². The van der Waals surface area contributed by atoms with E-state index in [1.165, 1.54) is 30.3 Å². The van der Waals surface area contributed by atoms with Gasteiger partial charge in [-0.25, -0.2) is 4.39 Å². The van der Waals surface area contributed by atoms with Crippen molar-refractivity contribution in [2.75, 3.05) is 36.4 Å². The van der Waals surface area contributed by atoms with Crippen LogP contribution < -0.4 is 15.1 Å². The smallest absolute Gasteiger partial charge is 0.360 e. The van der Waals surface area contributed by atoms with Gasteiger partial charge in [0.1, 0.15) is 5.82 Å². The second kappa shape index (κ2) is 8.18. The van der Waals surface area contributed by atoms with Crippen molar-refractivity contribution in [1.29, 1.82) is 0 Å². The molecule has 2 N–H and O–H groups in total. The molecule has 1 heterocycles. The molecule has 0 saturated carbocycles. The number of carbonyl (C=O) groups excluding carboxylic acids is 1. The maximum Gasteiger partial charge on any atom is 0.418 e. The van der Waals surface area contributed by atoms with Crippen LogP contribution in [0.1, 0.15) is 12.5 Å². The van der Waals surface area contributed by atoms with Gasteiger partial charge in [0, 0.05) is 5.69 Å². The minimum atomic E-state index is -4.53. The number of benzene rings is 2. The lowest BCUT2D eigenvalue weighted by atomic mass is 10.1. The number of para-hydroxylation sites is 1. The summed E-state index contributed by atoms with van der Waals surface area (Å²) < 4.78 is 52.3. The number of nitrogens with one attached hydrogen (secondary N) is 2. The van der Waals surface area contributed by atoms with E-state index in [0.29, 0.717) is 26.2 Å². The van der Waals surface area contributed by atoms with Crippen LogP contribution in [0, 0.1) is 5.82 Å². The van der Waals surface area contributed by atoms with Crippen molar-refractivity contribution in [3.8, 4) is 0 Å². The van der Waals surface area contributed by atoms with Gasteiger partial charge >= 0.3 is 6.18 Å². The van der Waals surface area contributed by atoms with Crippen LogP contribution in [0.15, 0.2) is 48.5 Å². The van der Waals surface area contributed by atoms with E-state index in [1.54, 1.807) is 19.1 Å². The summed E-state index contributed by atoms with van der Waals surface area (Å²) in [4.78, 5) is 15.6. The van der Waals surface area contributed by atoms with Gasteiger partial charge in [-0.2, -0.15) is 13.2 Å². The molecule has 28 heavy (non-hydrogen) atoms. The van der Waals surface area contributed by atoms with Gasteiger partial charge in [-0.15, -0.1) is 0 Å². The van der Waals surface area contributed by atoms with E-state index in [2.05, 4.69) is 10.2 Å². The summed E-state index contributed by atoms with van der Waals surface area (Å²) in [6.45, 7) is 4.39. The molecular formula is C20H22F4N3O+. The van der Waals surface area contributed by atoms with Crippen molar-refractivity contribution in [2.24, 2.45) is 0 Å². The highest BCUT2D eigenvalue weighted by molar-refractivity contribution is 5.94. The van der Waals surface area contributed by atoms with Crippen LogP contribution >= 0.6 is 0 Å². The lowest BCUT2D eigenvalue weighted by Crippen LogP contribution is -3.19. The number of rotatable bonds is 4. The highest BCUT2D eigenvalue weighted by atomic mass is 19.4. The largest absolute Gasteiger partial charge is 0.418 e. The third-order valence-corrected chi connectivity index (χ3v) is 5.09. The molecule has 150 valence electrons. The number of hydrogen-bond donors (Lipinski definition) is 2. The van der Waals surface area contributed by atoms with E-state index in [0.717, 1.165) is 16.7 Å². The Morgan fingerprint density at radius 2 is 1.68 bits per heavy atom. The first-order chi connectivity index (χ1) is 13.3. The Labute approximate surface area is 160 Å². The van der Waals surface area contributed by atoms with Crippen molar-refractivity contribution < 1.29 is 27.3 Å². The third kappa shape index (κ3) is 4.62. The molecule has 0 radical (unpaired) electrons. The molecule has 3 rings (SSSR count). The lowest BCUT2D eigenvalue weighted by Gasteiger charge is -2.36. The molecule has 1 atom stereocenters. The van der Waals surface area contributed by atoms with Crippen molar-refractivity contribution in [2.45, 2.75) is 19.1 Å². The van der Waals surface area contributed by atoms with E-state index in [-0.39, 0.29) is 11.5 Å². The van der Waals surface area contributed by atoms with Crippen LogP contribution in [0.4, 0.5) is 28.9 Å². The average molecular weight is 396 g/mol. The van der Waals surface area contributed by atoms with Gasteiger partial charge in [0.05, 0.1) is 37.4 Å². The number of piperazine rings is 1. The van der Waals surface area contributed by atoms with Crippen LogP contribution in [-0.4, -0.2) is 38.1 Å². The molecule has 1 aliphatic heterocycles. The molecule has 2 aromatic rings. The lowest BCUT2D eigenvalue weighted by molar-refractivity contribution is -0.914. The fraction of sp³-hybridized carbons (Fsp3) is 0.350. The Bertz CT molecular complexity index is 815. The monoisotopic (exact) mass is 396 g/mol. The number of quaternary nitrogens is 1. The van der Waals surface area contributed by atoms with Gasteiger partial charge in [-0.05, 0) is 43.3 Å². The van der Waals surface area contributed by atoms with Crippen LogP contribution in [0.3, 0.4) is 0 Å². The number of alkyl halides is 3. The summed E-state index contributed by atoms with van der Waals surface area (Å²) in [5.41, 5.74) is -0.167. The molecule has 0 bridgehead atoms. The molecule has 1 fully saturated rings. The fourth-order valence-electron chi connectivity index (χ4n) is 3.40. The number of amides is 1. The minimum absolute atomic E-state index is 0.226. The van der Waals surface area contributed by atoms with Crippen molar-refractivity contribution in [3.63, 3.8) is 0 Å². The molecular weight excluding hydrogens is 374 g/mol. The summed E-state index contributed by atoms with van der Waals surface area (Å²) in [6.07, 6.45) is -4.53. The normalized spacial score (nSPS) is 16.7. The predicted molar refractivity (Wildman–Crippen MR) is 98.8 cm³/mol. The Hall–Kier alpha value is -2.61. The average Bonchev–Trinajstić information content (AvgIpc) is 2.68. The Kier molecular flexibility index (Phi) is 5.88. The number of halogens is 4. The van der Waals surface area contributed by atoms with Crippen molar-refractivity contribution in [3.05, 3.63) is 59.9 Å². The number of hydrogen-bond acceptors (Lipinski definition) is 2. The molecule has 0 spiro atoms. The van der Waals surface area contributed by atoms with Crippen molar-refractivity contribution >= 4 is 17.3 Å². The van der Waals surface area contributed by atoms with Crippen molar-refractivity contribution in [1.82, 2.24) is 0 Å². The predicted octanol–water partition coefficient (Wildman–Crippen LogP) is 2.58. The van der Waals surface area contributed by atoms with Crippen LogP contribution in [0.2, 0.25) is 0 Å². The molecule has 8 heteroatoms. The standard InChI is InChI=1S/C20H21F4N3O/c1-14(19(28)25-18-5-3-2-4-17(18)20(22,23)24)26-10-12-27(13-11-26)16-8-6-15(21)7-9-16/h2-9,14H,10-13H2,1H3,(H,25,28)/p+1/t14-/m1/s1. The zero-order chi connectivity index (χ0) is 20.3. The third-order valence-electron chi connectivity index (χ3n) is 5.09. The molecule has 0 aliphatic carbocycles. The summed E-state index contributed by atoms with van der Waals surface area (Å²) in [5, 5.41) is 2.43. The highest BCUT2D eigenvalue weighted by Crippen LogP contribution is 2.34. The first-order valence-electron chi connectivity index (χ1n) is 9.08. The maximum absolute atomic E-state index is 13.1. The molecule has 0 aromatic heterocycles. The summed E-state index contributed by atoms with van der Waals surface area (Å²) in [7, 11) is 0. The van der Waals surface area contributed by atoms with E-state index < -0.39 is 23.7 Å². The molecule has 0 unspecified atom stereocenters. The summed E-state index contributed by atoms with van der Waals surface area (Å²) >= 11 is 0. The molecule has 1 saturated heterocycles. The first kappa shape index (κ1) is 20.1. The topological polar surface area (TPSA) is 36.8 Å². The summed E-state index contributed by atoms with van der Waals surface area (Å²) in [6, 6.07) is 10.7. The van der Waals surface area contributed by atoms with E-state index in [4.69, 9.17) is 0 Å². The molecule has 1 aliphatic rings. The van der Waals surface area contributed by atoms with E-state index in [9.17, 15) is 22.4 Å². The fourth-order valence-corrected chi connectivity index (χ4v) is 3.40. The minimum Gasteiger partial charge on any atom is -0.360 e. The van der Waals surface area contributed by atoms with Gasteiger partial charge in [0.25, 0.3) is 5.91 Å². The number of nitrogens with zero attached hydrogens (tertiary/aromatic N) is 1. The number of anilines is 2. The van der Waals surface area contributed by atoms with Crippen LogP contribution in [0.5, 0.6) is 0 Å². The van der Waals surface area contributed by atoms with Gasteiger partial charge in [0.15, 0.2) is 6.04 Å². The second-order valence-corrected chi connectivity index (χ2v) is 6.88. The molecule has 4 nitrogen and oxygen atoms in total. The Morgan fingerprint density at radius 1 is 1.07 bits per heavy atom. The Morgan fingerprint density at radius 3 is 2.29 bits per heavy atom. The van der Waals surface area contributed by atoms with Gasteiger partial charge in [-0.1, -0.05) is 12.1 Å². The first-order valence-corrected chi connectivity index (χ1v) is 9.08. The Balaban J connectivity index is 1.60. The maximum atomic E-state index is 13.1. The highest BCUT2D eigenvalue weighted by Gasteiger charge is 2.35. The SMILES string of the molecule is C[C@H](C(=O)Nc1ccccc1C(F)(F)F)[NH+]1CCN(c2ccc(F)cc2)CC1. The van der Waals surface area contributed by atoms with Crippen LogP contribution in [-0.2, 0) is 11.0 Å². The second-order valence-electron chi connectivity index (χ2n) is 6.88. The van der Waals surface area contributed by atoms with E-state index >= 15 is 0 Å². The molecule has 1 amide bonds. The van der Waals surface area contributed by atoms with E-state index in [1.807, 2.05) is 0 Å². The summed E-state index contributed by atoms with van der Waals surface area (Å²) in [5.74, 6) is -0.737. The molecule has 2 aromatic carbocycles. The number of carbonyl (C=O) groups is 1. The zero-order valence-electron chi connectivity index (χ0n) is 15.4. The quantitative estimate of drug-likeness (QED) is 0.780. The van der Waals surface area contributed by atoms with Gasteiger partial charge < -0.3 is 15.1 Å². The van der Waals surface area contributed by atoms with Gasteiger partial charge in [-0.3, -0.25) is 4.79 Å². The van der Waals surface area contributed by atoms with Gasteiger partial charge in [0.2, 0.25) is 0 Å².